The number of allylic oxidation sites excluding steroid dienone is 24. The van der Waals surface area contributed by atoms with Crippen molar-refractivity contribution in [2.24, 2.45) is 0 Å². The molecule has 6 heteroatoms. The molecule has 69 heavy (non-hydrogen) atoms. The molecule has 0 bridgehead atoms. The van der Waals surface area contributed by atoms with Crippen LogP contribution in [0.25, 0.3) is 0 Å². The fourth-order valence-electron chi connectivity index (χ4n) is 6.74. The van der Waals surface area contributed by atoms with E-state index in [2.05, 4.69) is 142 Å². The van der Waals surface area contributed by atoms with Crippen LogP contribution in [0.3, 0.4) is 0 Å². The number of ether oxygens (including phenoxy) is 3. The van der Waals surface area contributed by atoms with E-state index in [9.17, 15) is 14.4 Å². The van der Waals surface area contributed by atoms with E-state index in [1.54, 1.807) is 0 Å². The molecule has 0 aliphatic rings. The lowest BCUT2D eigenvalue weighted by Crippen LogP contribution is -2.30. The highest BCUT2D eigenvalue weighted by atomic mass is 16.6. The molecule has 0 aliphatic carbocycles. The van der Waals surface area contributed by atoms with E-state index in [1.807, 2.05) is 24.3 Å². The summed E-state index contributed by atoms with van der Waals surface area (Å²) in [7, 11) is 0. The van der Waals surface area contributed by atoms with Gasteiger partial charge < -0.3 is 14.2 Å². The van der Waals surface area contributed by atoms with Gasteiger partial charge in [0.25, 0.3) is 0 Å². The van der Waals surface area contributed by atoms with Crippen molar-refractivity contribution in [2.45, 2.75) is 219 Å². The Balaban J connectivity index is 4.65. The Hall–Kier alpha value is -4.71. The molecule has 1 atom stereocenters. The Morgan fingerprint density at radius 2 is 0.594 bits per heavy atom. The second-order valence-electron chi connectivity index (χ2n) is 17.4. The lowest BCUT2D eigenvalue weighted by atomic mass is 10.1. The van der Waals surface area contributed by atoms with Gasteiger partial charge in [-0.3, -0.25) is 14.4 Å². The fraction of sp³-hybridized carbons (Fsp3) is 0.571. The molecule has 0 aromatic heterocycles. The summed E-state index contributed by atoms with van der Waals surface area (Å²) in [6.45, 7) is 6.32. The van der Waals surface area contributed by atoms with Gasteiger partial charge in [-0.1, -0.05) is 218 Å². The molecule has 0 saturated heterocycles. The molecular formula is C63H98O6. The minimum Gasteiger partial charge on any atom is -0.462 e. The van der Waals surface area contributed by atoms with Crippen molar-refractivity contribution < 1.29 is 28.6 Å². The molecule has 6 nitrogen and oxygen atoms in total. The maximum Gasteiger partial charge on any atom is 0.306 e. The van der Waals surface area contributed by atoms with E-state index in [4.69, 9.17) is 14.2 Å². The summed E-state index contributed by atoms with van der Waals surface area (Å²) in [5, 5.41) is 0. The highest BCUT2D eigenvalue weighted by molar-refractivity contribution is 5.71. The van der Waals surface area contributed by atoms with Crippen LogP contribution in [-0.2, 0) is 28.6 Å². The van der Waals surface area contributed by atoms with Crippen LogP contribution >= 0.6 is 0 Å². The Morgan fingerprint density at radius 3 is 1.01 bits per heavy atom. The molecule has 0 radical (unpaired) electrons. The molecule has 0 fully saturated rings. The number of esters is 3. The first-order chi connectivity index (χ1) is 34.0. The van der Waals surface area contributed by atoms with Crippen molar-refractivity contribution in [3.63, 3.8) is 0 Å². The molecule has 0 saturated carbocycles. The second kappa shape index (κ2) is 55.9. The predicted octanol–water partition coefficient (Wildman–Crippen LogP) is 18.4. The third-order valence-corrected chi connectivity index (χ3v) is 10.8. The lowest BCUT2D eigenvalue weighted by molar-refractivity contribution is -0.166. The molecule has 0 spiro atoms. The highest BCUT2D eigenvalue weighted by Crippen LogP contribution is 2.11. The van der Waals surface area contributed by atoms with Gasteiger partial charge in [0.05, 0.1) is 0 Å². The van der Waals surface area contributed by atoms with Gasteiger partial charge in [0, 0.05) is 19.3 Å². The van der Waals surface area contributed by atoms with Crippen LogP contribution in [0.1, 0.15) is 213 Å². The van der Waals surface area contributed by atoms with E-state index >= 15 is 0 Å². The Morgan fingerprint density at radius 1 is 0.304 bits per heavy atom. The molecule has 386 valence electrons. The van der Waals surface area contributed by atoms with Gasteiger partial charge in [0.2, 0.25) is 0 Å². The first-order valence-electron chi connectivity index (χ1n) is 27.3. The molecule has 0 aliphatic heterocycles. The summed E-state index contributed by atoms with van der Waals surface area (Å²) < 4.78 is 16.7. The average Bonchev–Trinajstić information content (AvgIpc) is 3.35. The highest BCUT2D eigenvalue weighted by Gasteiger charge is 2.19. The van der Waals surface area contributed by atoms with E-state index in [0.29, 0.717) is 19.3 Å². The molecule has 0 aromatic rings. The Kier molecular flexibility index (Phi) is 52.1. The van der Waals surface area contributed by atoms with E-state index in [1.165, 1.54) is 64.2 Å². The van der Waals surface area contributed by atoms with Crippen molar-refractivity contribution in [2.75, 3.05) is 13.2 Å². The van der Waals surface area contributed by atoms with Crippen LogP contribution in [-0.4, -0.2) is 37.2 Å². The van der Waals surface area contributed by atoms with E-state index in [0.717, 1.165) is 96.3 Å². The third kappa shape index (κ3) is 54.1. The summed E-state index contributed by atoms with van der Waals surface area (Å²) in [5.41, 5.74) is 0. The monoisotopic (exact) mass is 951 g/mol. The molecular weight excluding hydrogens is 853 g/mol. The summed E-state index contributed by atoms with van der Waals surface area (Å²) in [6, 6.07) is 0. The second-order valence-corrected chi connectivity index (χ2v) is 17.4. The number of unbranched alkanes of at least 4 members (excludes halogenated alkanes) is 12. The number of carbonyl (C=O) groups is 3. The zero-order chi connectivity index (χ0) is 50.0. The summed E-state index contributed by atoms with van der Waals surface area (Å²) >= 11 is 0. The SMILES string of the molecule is CC/C=C\C/C=C\C/C=C\C/C=C\C/C=C\C/C=C\CCC(=O)O[C@H](COC(=O)CC/C=C\C/C=C\C/C=C\C/C=C\C/C=C\CCCCC)COC(=O)CCCCCCC/C=C\CCCCCC. The standard InChI is InChI=1S/C63H98O6/c1-4-7-10-13-16-19-22-25-27-29-31-33-35-38-41-44-47-50-53-56-62(65)68-59-60(58-67-61(64)55-52-49-46-43-40-37-24-21-18-15-12-9-6-3)69-63(66)57-54-51-48-45-42-39-36-34-32-30-28-26-23-20-17-14-11-8-5-2/h8,11,16-17,19-21,24-28,31-34,38-39,41-42,47-48,50-51,60H,4-7,9-10,12-15,18,22-23,29-30,35-37,40,43-46,49,52-59H2,1-3H3/b11-8-,19-16-,20-17-,24-21-,27-25-,28-26-,33-31-,34-32-,41-38-,42-39-,50-47-,51-48-/t60-/m0/s1. The first kappa shape index (κ1) is 64.3. The smallest absolute Gasteiger partial charge is 0.306 e. The van der Waals surface area contributed by atoms with Crippen LogP contribution < -0.4 is 0 Å². The fourth-order valence-corrected chi connectivity index (χ4v) is 6.74. The van der Waals surface area contributed by atoms with E-state index < -0.39 is 12.1 Å². The normalized spacial score (nSPS) is 13.3. The van der Waals surface area contributed by atoms with Gasteiger partial charge in [0.1, 0.15) is 13.2 Å². The third-order valence-electron chi connectivity index (χ3n) is 10.8. The maximum atomic E-state index is 12.8. The Bertz CT molecular complexity index is 1560. The number of carbonyl (C=O) groups excluding carboxylic acids is 3. The maximum absolute atomic E-state index is 12.8. The van der Waals surface area contributed by atoms with Crippen LogP contribution in [0.15, 0.2) is 146 Å². The number of rotatable bonds is 47. The summed E-state index contributed by atoms with van der Waals surface area (Å²) in [6.07, 6.45) is 80.0. The van der Waals surface area contributed by atoms with Gasteiger partial charge in [-0.15, -0.1) is 0 Å². The molecule has 0 N–H and O–H groups in total. The van der Waals surface area contributed by atoms with Crippen LogP contribution in [0, 0.1) is 0 Å². The van der Waals surface area contributed by atoms with Crippen molar-refractivity contribution in [1.29, 1.82) is 0 Å². The average molecular weight is 951 g/mol. The zero-order valence-corrected chi connectivity index (χ0v) is 44.0. The van der Waals surface area contributed by atoms with Crippen LogP contribution in [0.2, 0.25) is 0 Å². The molecule has 0 unspecified atom stereocenters. The minimum atomic E-state index is -0.858. The Labute approximate surface area is 423 Å². The van der Waals surface area contributed by atoms with Gasteiger partial charge in [-0.2, -0.15) is 0 Å². The van der Waals surface area contributed by atoms with Crippen LogP contribution in [0.5, 0.6) is 0 Å². The van der Waals surface area contributed by atoms with Crippen molar-refractivity contribution in [3.05, 3.63) is 146 Å². The summed E-state index contributed by atoms with van der Waals surface area (Å²) in [5.74, 6) is -1.13. The van der Waals surface area contributed by atoms with Crippen molar-refractivity contribution in [1.82, 2.24) is 0 Å². The van der Waals surface area contributed by atoms with Gasteiger partial charge in [-0.05, 0) is 122 Å². The van der Waals surface area contributed by atoms with Gasteiger partial charge in [0.15, 0.2) is 6.10 Å². The van der Waals surface area contributed by atoms with Gasteiger partial charge in [-0.25, -0.2) is 0 Å². The largest absolute Gasteiger partial charge is 0.462 e. The van der Waals surface area contributed by atoms with Crippen molar-refractivity contribution in [3.8, 4) is 0 Å². The first-order valence-corrected chi connectivity index (χ1v) is 27.3. The quantitative estimate of drug-likeness (QED) is 0.0262. The van der Waals surface area contributed by atoms with Crippen molar-refractivity contribution >= 4 is 17.9 Å². The molecule has 0 rings (SSSR count). The topological polar surface area (TPSA) is 78.9 Å². The van der Waals surface area contributed by atoms with Gasteiger partial charge >= 0.3 is 17.9 Å². The molecule has 0 aromatic carbocycles. The summed E-state index contributed by atoms with van der Waals surface area (Å²) in [4.78, 5) is 38.0. The molecule has 0 heterocycles. The minimum absolute atomic E-state index is 0.141. The predicted molar refractivity (Wildman–Crippen MR) is 297 cm³/mol. The molecule has 0 amide bonds. The lowest BCUT2D eigenvalue weighted by Gasteiger charge is -2.18. The van der Waals surface area contributed by atoms with E-state index in [-0.39, 0.29) is 38.0 Å². The zero-order valence-electron chi connectivity index (χ0n) is 44.0. The number of hydrogen-bond donors (Lipinski definition) is 0. The number of hydrogen-bond acceptors (Lipinski definition) is 6. The van der Waals surface area contributed by atoms with Crippen LogP contribution in [0.4, 0.5) is 0 Å².